The van der Waals surface area contributed by atoms with Crippen LogP contribution in [0.1, 0.15) is 49.2 Å². The number of rotatable bonds is 5. The number of halogens is 5. The monoisotopic (exact) mass is 794 g/mol. The highest BCUT2D eigenvalue weighted by Gasteiger charge is 2.32. The first-order chi connectivity index (χ1) is 24.3. The van der Waals surface area contributed by atoms with Crippen LogP contribution in [0.25, 0.3) is 17.0 Å². The van der Waals surface area contributed by atoms with Crippen molar-refractivity contribution < 1.29 is 17.6 Å². The van der Waals surface area contributed by atoms with Crippen molar-refractivity contribution in [1.29, 1.82) is 0 Å². The Morgan fingerprint density at radius 1 is 0.620 bits per heavy atom. The zero-order valence-electron chi connectivity index (χ0n) is 26.2. The van der Waals surface area contributed by atoms with Crippen LogP contribution >= 0.6 is 22.6 Å². The van der Waals surface area contributed by atoms with Gasteiger partial charge in [0.2, 0.25) is 11.9 Å². The van der Waals surface area contributed by atoms with E-state index in [0.29, 0.717) is 24.4 Å². The minimum atomic E-state index is -0.682. The second kappa shape index (κ2) is 13.3. The van der Waals surface area contributed by atoms with Gasteiger partial charge < -0.3 is 9.80 Å². The zero-order valence-corrected chi connectivity index (χ0v) is 28.3. The van der Waals surface area contributed by atoms with E-state index >= 15 is 0 Å². The molecule has 2 saturated heterocycles. The van der Waals surface area contributed by atoms with Crippen LogP contribution in [0.3, 0.4) is 0 Å². The molecule has 0 radical (unpaired) electrons. The second-order valence-corrected chi connectivity index (χ2v) is 12.9. The molecule has 2 aliphatic rings. The Bertz CT molecular complexity index is 2310. The van der Waals surface area contributed by atoms with Crippen molar-refractivity contribution in [2.24, 2.45) is 0 Å². The highest BCUT2D eigenvalue weighted by molar-refractivity contribution is 14.1. The summed E-state index contributed by atoms with van der Waals surface area (Å²) in [6.07, 6.45) is 13.7. The number of nitrogens with zero attached hydrogens (tertiary/aromatic N) is 12. The van der Waals surface area contributed by atoms with Gasteiger partial charge in [0.05, 0.1) is 28.0 Å². The molecule has 17 heteroatoms. The summed E-state index contributed by atoms with van der Waals surface area (Å²) in [5.41, 5.74) is 2.39. The van der Waals surface area contributed by atoms with Crippen molar-refractivity contribution in [3.63, 3.8) is 0 Å². The average molecular weight is 795 g/mol. The molecule has 254 valence electrons. The third-order valence-electron chi connectivity index (χ3n) is 8.80. The van der Waals surface area contributed by atoms with E-state index in [1.807, 2.05) is 40.4 Å². The standard InChI is InChI=1S/C18H15F2N7.C15H12F2IN5/c19-12-4-5-15(20)23-17(12)13-3-1-8-25(13)16-6-10-27-18(24-16)14(11-22-27)26-9-2-7-21-26;16-9-3-4-12(17)20-14(9)11-2-1-6-22(11)13-5-7-23-15(21-13)10(18)8-19-23/h2,4-7,9-11,13H,1,3,8H2;3-5,7-8,11H,1-2,6H2/t13-;11-/m11/s1. The van der Waals surface area contributed by atoms with Crippen molar-refractivity contribution in [1.82, 2.24) is 48.9 Å². The summed E-state index contributed by atoms with van der Waals surface area (Å²) < 4.78 is 61.3. The Morgan fingerprint density at radius 3 is 1.76 bits per heavy atom. The maximum Gasteiger partial charge on any atom is 0.213 e. The van der Waals surface area contributed by atoms with Gasteiger partial charge >= 0.3 is 0 Å². The molecule has 7 aromatic heterocycles. The van der Waals surface area contributed by atoms with Crippen molar-refractivity contribution >= 4 is 45.5 Å². The Kier molecular flexibility index (Phi) is 8.49. The third-order valence-corrected chi connectivity index (χ3v) is 9.56. The van der Waals surface area contributed by atoms with Crippen LogP contribution in [0, 0.1) is 27.1 Å². The van der Waals surface area contributed by atoms with E-state index in [2.05, 4.69) is 52.8 Å². The van der Waals surface area contributed by atoms with Crippen LogP contribution in [0.15, 0.2) is 79.6 Å². The van der Waals surface area contributed by atoms with Crippen molar-refractivity contribution in [2.75, 3.05) is 22.9 Å². The first-order valence-electron chi connectivity index (χ1n) is 15.9. The van der Waals surface area contributed by atoms with E-state index in [-0.39, 0.29) is 23.5 Å². The topological polar surface area (TPSA) is 110 Å². The van der Waals surface area contributed by atoms with Crippen LogP contribution < -0.4 is 9.80 Å². The van der Waals surface area contributed by atoms with E-state index in [1.54, 1.807) is 38.5 Å². The Hall–Kier alpha value is -5.20. The molecule has 0 unspecified atom stereocenters. The lowest BCUT2D eigenvalue weighted by Gasteiger charge is -2.25. The van der Waals surface area contributed by atoms with Crippen molar-refractivity contribution in [2.45, 2.75) is 37.8 Å². The number of hydrogen-bond donors (Lipinski definition) is 0. The Labute approximate surface area is 295 Å². The molecular formula is C33H27F4IN12. The van der Waals surface area contributed by atoms with Crippen LogP contribution in [0.5, 0.6) is 0 Å². The van der Waals surface area contributed by atoms with Crippen molar-refractivity contribution in [3.05, 3.63) is 118 Å². The number of pyridine rings is 2. The SMILES string of the molecule is Fc1ccc(F)c([C@H]2CCCN2c2ccn3ncc(-n4cccn4)c3n2)n1.Fc1ccc(F)c([C@H]2CCCN2c2ccn3ncc(I)c3n2)n1. The third kappa shape index (κ3) is 5.98. The van der Waals surface area contributed by atoms with Gasteiger partial charge in [-0.3, -0.25) is 0 Å². The minimum absolute atomic E-state index is 0.120. The van der Waals surface area contributed by atoms with Gasteiger partial charge in [-0.15, -0.1) is 0 Å². The van der Waals surface area contributed by atoms with Gasteiger partial charge in [0, 0.05) is 37.9 Å². The van der Waals surface area contributed by atoms with Crippen LogP contribution in [0.4, 0.5) is 29.2 Å². The molecule has 0 aliphatic carbocycles. The van der Waals surface area contributed by atoms with Gasteiger partial charge in [-0.25, -0.2) is 42.4 Å². The van der Waals surface area contributed by atoms with E-state index in [9.17, 15) is 17.6 Å². The maximum atomic E-state index is 14.3. The first-order valence-corrected chi connectivity index (χ1v) is 16.9. The quantitative estimate of drug-likeness (QED) is 0.113. The van der Waals surface area contributed by atoms with Gasteiger partial charge in [0.1, 0.15) is 40.3 Å². The molecule has 0 amide bonds. The predicted molar refractivity (Wildman–Crippen MR) is 183 cm³/mol. The largest absolute Gasteiger partial charge is 0.348 e. The zero-order chi connectivity index (χ0) is 34.4. The summed E-state index contributed by atoms with van der Waals surface area (Å²) in [4.78, 5) is 20.9. The molecule has 0 bridgehead atoms. The summed E-state index contributed by atoms with van der Waals surface area (Å²) >= 11 is 2.17. The molecule has 50 heavy (non-hydrogen) atoms. The summed E-state index contributed by atoms with van der Waals surface area (Å²) in [5, 5.41) is 12.7. The summed E-state index contributed by atoms with van der Waals surface area (Å²) in [7, 11) is 0. The van der Waals surface area contributed by atoms with E-state index in [0.717, 1.165) is 70.8 Å². The fraction of sp³-hybridized carbons (Fsp3) is 0.242. The van der Waals surface area contributed by atoms with Crippen molar-refractivity contribution in [3.8, 4) is 5.69 Å². The van der Waals surface area contributed by atoms with E-state index in [1.165, 1.54) is 0 Å². The van der Waals surface area contributed by atoms with Gasteiger partial charge in [-0.2, -0.15) is 24.1 Å². The lowest BCUT2D eigenvalue weighted by Crippen LogP contribution is -2.25. The predicted octanol–water partition coefficient (Wildman–Crippen LogP) is 6.28. The molecule has 2 atom stereocenters. The minimum Gasteiger partial charge on any atom is -0.348 e. The molecule has 0 saturated carbocycles. The Balaban J connectivity index is 0.000000146. The second-order valence-electron chi connectivity index (χ2n) is 11.8. The number of hydrogen-bond acceptors (Lipinski definition) is 9. The van der Waals surface area contributed by atoms with Crippen LogP contribution in [-0.2, 0) is 0 Å². The average Bonchev–Trinajstić information content (AvgIpc) is 3.97. The molecule has 12 nitrogen and oxygen atoms in total. The van der Waals surface area contributed by atoms with Gasteiger partial charge in [-0.05, 0) is 90.7 Å². The summed E-state index contributed by atoms with van der Waals surface area (Å²) in [5.74, 6) is -0.937. The highest BCUT2D eigenvalue weighted by atomic mass is 127. The normalized spacial score (nSPS) is 17.5. The highest BCUT2D eigenvalue weighted by Crippen LogP contribution is 2.37. The fourth-order valence-electron chi connectivity index (χ4n) is 6.56. The molecule has 9 rings (SSSR count). The smallest absolute Gasteiger partial charge is 0.213 e. The molecule has 2 fully saturated rings. The molecule has 9 heterocycles. The van der Waals surface area contributed by atoms with Crippen LogP contribution in [0.2, 0.25) is 0 Å². The molecule has 0 N–H and O–H groups in total. The van der Waals surface area contributed by atoms with E-state index < -0.39 is 23.5 Å². The van der Waals surface area contributed by atoms with Gasteiger partial charge in [0.15, 0.2) is 11.3 Å². The number of aromatic nitrogens is 10. The number of anilines is 2. The lowest BCUT2D eigenvalue weighted by molar-refractivity contribution is 0.518. The molecule has 7 aromatic rings. The van der Waals surface area contributed by atoms with Crippen LogP contribution in [-0.4, -0.2) is 62.0 Å². The number of fused-ring (bicyclic) bond motifs is 2. The van der Waals surface area contributed by atoms with Gasteiger partial charge in [-0.1, -0.05) is 0 Å². The summed E-state index contributed by atoms with van der Waals surface area (Å²) in [6, 6.07) is 9.15. The first kappa shape index (κ1) is 32.0. The lowest BCUT2D eigenvalue weighted by atomic mass is 10.1. The molecule has 2 aliphatic heterocycles. The fourth-order valence-corrected chi connectivity index (χ4v) is 7.05. The Morgan fingerprint density at radius 2 is 1.18 bits per heavy atom. The van der Waals surface area contributed by atoms with Gasteiger partial charge in [0.25, 0.3) is 0 Å². The molecule has 0 aromatic carbocycles. The maximum absolute atomic E-state index is 14.3. The molecule has 0 spiro atoms. The molecular weight excluding hydrogens is 767 g/mol. The van der Waals surface area contributed by atoms with E-state index in [4.69, 9.17) is 4.98 Å². The summed E-state index contributed by atoms with van der Waals surface area (Å²) in [6.45, 7) is 1.42.